The van der Waals surface area contributed by atoms with Gasteiger partial charge in [-0.15, -0.1) is 0 Å². The Hall–Kier alpha value is -2.54. The molecule has 1 aliphatic rings. The molecule has 128 valence electrons. The normalized spacial score (nSPS) is 14.5. The number of amides is 2. The number of halogens is 2. The predicted octanol–water partition coefficient (Wildman–Crippen LogP) is 2.78. The van der Waals surface area contributed by atoms with Gasteiger partial charge in [0.15, 0.2) is 0 Å². The summed E-state index contributed by atoms with van der Waals surface area (Å²) in [6, 6.07) is 13.4. The summed E-state index contributed by atoms with van der Waals surface area (Å²) >= 11 is 3.10. The minimum Gasteiger partial charge on any atom is -0.313 e. The molecule has 0 fully saturated rings. The van der Waals surface area contributed by atoms with Gasteiger partial charge in [0.05, 0.1) is 11.0 Å². The SMILES string of the molecule is CN1C(=O)CN(C(=O)CBr)N=C(c2ccccc2)c2cc(F)ccc21. The van der Waals surface area contributed by atoms with Gasteiger partial charge in [0.2, 0.25) is 5.91 Å². The zero-order valence-corrected chi connectivity index (χ0v) is 15.0. The second kappa shape index (κ2) is 7.14. The maximum absolute atomic E-state index is 13.9. The van der Waals surface area contributed by atoms with Crippen LogP contribution >= 0.6 is 15.9 Å². The van der Waals surface area contributed by atoms with Crippen molar-refractivity contribution in [1.29, 1.82) is 0 Å². The third-order valence-corrected chi connectivity index (χ3v) is 4.38. The van der Waals surface area contributed by atoms with Crippen LogP contribution in [0.2, 0.25) is 0 Å². The van der Waals surface area contributed by atoms with Crippen molar-refractivity contribution < 1.29 is 14.0 Å². The molecule has 3 rings (SSSR count). The van der Waals surface area contributed by atoms with E-state index in [-0.39, 0.29) is 23.7 Å². The van der Waals surface area contributed by atoms with Gasteiger partial charge in [0.25, 0.3) is 5.91 Å². The van der Waals surface area contributed by atoms with Gasteiger partial charge in [-0.3, -0.25) is 9.59 Å². The van der Waals surface area contributed by atoms with Gasteiger partial charge in [-0.1, -0.05) is 46.3 Å². The molecule has 1 aliphatic heterocycles. The number of hydrogen-bond donors (Lipinski definition) is 0. The van der Waals surface area contributed by atoms with E-state index in [9.17, 15) is 14.0 Å². The lowest BCUT2D eigenvalue weighted by Gasteiger charge is -2.28. The lowest BCUT2D eigenvalue weighted by atomic mass is 9.99. The molecule has 0 aliphatic carbocycles. The summed E-state index contributed by atoms with van der Waals surface area (Å²) in [6.45, 7) is -0.186. The molecule has 0 saturated carbocycles. The van der Waals surface area contributed by atoms with Gasteiger partial charge < -0.3 is 4.90 Å². The average Bonchev–Trinajstić information content (AvgIpc) is 2.63. The fraction of sp³-hybridized carbons (Fsp3) is 0.167. The molecule has 0 aromatic heterocycles. The van der Waals surface area contributed by atoms with E-state index in [1.54, 1.807) is 13.1 Å². The number of fused-ring (bicyclic) bond motifs is 1. The third kappa shape index (κ3) is 3.46. The van der Waals surface area contributed by atoms with Gasteiger partial charge in [-0.25, -0.2) is 9.40 Å². The summed E-state index contributed by atoms with van der Waals surface area (Å²) < 4.78 is 13.9. The monoisotopic (exact) mass is 403 g/mol. The molecule has 2 amide bonds. The van der Waals surface area contributed by atoms with Crippen LogP contribution in [0, 0.1) is 5.82 Å². The topological polar surface area (TPSA) is 53.0 Å². The lowest BCUT2D eigenvalue weighted by molar-refractivity contribution is -0.133. The number of nitrogens with zero attached hydrogens (tertiary/aromatic N) is 3. The second-order valence-electron chi connectivity index (χ2n) is 5.51. The summed E-state index contributed by atoms with van der Waals surface area (Å²) in [5.41, 5.74) is 2.15. The first-order valence-corrected chi connectivity index (χ1v) is 8.70. The molecule has 0 bridgehead atoms. The lowest BCUT2D eigenvalue weighted by Crippen LogP contribution is -2.42. The highest BCUT2D eigenvalue weighted by atomic mass is 79.9. The van der Waals surface area contributed by atoms with Crippen LogP contribution in [0.15, 0.2) is 53.6 Å². The Kier molecular flexibility index (Phi) is 4.94. The quantitative estimate of drug-likeness (QED) is 0.723. The molecule has 0 unspecified atom stereocenters. The van der Waals surface area contributed by atoms with Crippen LogP contribution in [0.1, 0.15) is 11.1 Å². The van der Waals surface area contributed by atoms with Crippen LogP contribution in [-0.4, -0.2) is 41.5 Å². The maximum Gasteiger partial charge on any atom is 0.253 e. The van der Waals surface area contributed by atoms with E-state index in [2.05, 4.69) is 21.0 Å². The van der Waals surface area contributed by atoms with Crippen LogP contribution in [0.5, 0.6) is 0 Å². The Morgan fingerprint density at radius 1 is 1.24 bits per heavy atom. The van der Waals surface area contributed by atoms with E-state index < -0.39 is 5.82 Å². The molecule has 0 spiro atoms. The number of carbonyl (C=O) groups excluding carboxylic acids is 2. The van der Waals surface area contributed by atoms with Gasteiger partial charge in [-0.05, 0) is 18.2 Å². The van der Waals surface area contributed by atoms with Gasteiger partial charge >= 0.3 is 0 Å². The minimum absolute atomic E-state index is 0.0333. The van der Waals surface area contributed by atoms with Crippen molar-refractivity contribution in [2.75, 3.05) is 23.8 Å². The van der Waals surface area contributed by atoms with E-state index in [0.29, 0.717) is 17.0 Å². The number of rotatable bonds is 2. The molecule has 25 heavy (non-hydrogen) atoms. The van der Waals surface area contributed by atoms with Crippen molar-refractivity contribution in [3.63, 3.8) is 0 Å². The Morgan fingerprint density at radius 2 is 1.96 bits per heavy atom. The number of hydrazone groups is 1. The number of hydrogen-bond acceptors (Lipinski definition) is 3. The van der Waals surface area contributed by atoms with Crippen molar-refractivity contribution in [2.24, 2.45) is 5.10 Å². The second-order valence-corrected chi connectivity index (χ2v) is 6.07. The van der Waals surface area contributed by atoms with Crippen LogP contribution in [0.4, 0.5) is 10.1 Å². The molecular formula is C18H15BrFN3O2. The molecule has 0 radical (unpaired) electrons. The van der Waals surface area contributed by atoms with Gasteiger partial charge in [-0.2, -0.15) is 5.10 Å². The largest absolute Gasteiger partial charge is 0.313 e. The Bertz CT molecular complexity index is 855. The van der Waals surface area contributed by atoms with Crippen molar-refractivity contribution in [3.8, 4) is 0 Å². The van der Waals surface area contributed by atoms with E-state index in [4.69, 9.17) is 0 Å². The number of likely N-dealkylation sites (N-methyl/N-ethyl adjacent to an activating group) is 1. The number of anilines is 1. The van der Waals surface area contributed by atoms with Crippen molar-refractivity contribution in [1.82, 2.24) is 5.01 Å². The molecule has 0 atom stereocenters. The Morgan fingerprint density at radius 3 is 2.64 bits per heavy atom. The summed E-state index contributed by atoms with van der Waals surface area (Å²) in [6.07, 6.45) is 0. The zero-order chi connectivity index (χ0) is 18.0. The number of carbonyl (C=O) groups is 2. The first kappa shape index (κ1) is 17.3. The smallest absolute Gasteiger partial charge is 0.253 e. The predicted molar refractivity (Wildman–Crippen MR) is 97.4 cm³/mol. The molecule has 0 saturated heterocycles. The highest BCUT2D eigenvalue weighted by Gasteiger charge is 2.27. The first-order valence-electron chi connectivity index (χ1n) is 7.58. The van der Waals surface area contributed by atoms with Crippen molar-refractivity contribution in [3.05, 3.63) is 65.5 Å². The highest BCUT2D eigenvalue weighted by Crippen LogP contribution is 2.27. The van der Waals surface area contributed by atoms with E-state index in [0.717, 1.165) is 10.6 Å². The van der Waals surface area contributed by atoms with Crippen LogP contribution in [0.25, 0.3) is 0 Å². The standard InChI is InChI=1S/C18H15BrFN3O2/c1-22-15-8-7-13(20)9-14(15)18(12-5-3-2-4-6-12)21-23(11-17(22)25)16(24)10-19/h2-9H,10-11H2,1H3. The molecule has 5 nitrogen and oxygen atoms in total. The minimum atomic E-state index is -0.442. The Balaban J connectivity index is 2.27. The fourth-order valence-corrected chi connectivity index (χ4v) is 2.88. The summed E-state index contributed by atoms with van der Waals surface area (Å²) in [4.78, 5) is 26.0. The molecule has 2 aromatic rings. The fourth-order valence-electron chi connectivity index (χ4n) is 2.59. The van der Waals surface area contributed by atoms with Crippen molar-refractivity contribution >= 4 is 39.1 Å². The molecule has 1 heterocycles. The number of alkyl halides is 1. The van der Waals surface area contributed by atoms with Gasteiger partial charge in [0, 0.05) is 18.2 Å². The van der Waals surface area contributed by atoms with E-state index in [1.807, 2.05) is 30.3 Å². The molecule has 0 N–H and O–H groups in total. The van der Waals surface area contributed by atoms with Crippen LogP contribution in [-0.2, 0) is 9.59 Å². The molecule has 7 heteroatoms. The number of benzene rings is 2. The van der Waals surface area contributed by atoms with Gasteiger partial charge in [0.1, 0.15) is 18.1 Å². The Labute approximate surface area is 152 Å². The molecule has 2 aromatic carbocycles. The zero-order valence-electron chi connectivity index (χ0n) is 13.4. The summed E-state index contributed by atoms with van der Waals surface area (Å²) in [7, 11) is 1.60. The maximum atomic E-state index is 13.9. The first-order chi connectivity index (χ1) is 12.0. The van der Waals surface area contributed by atoms with Crippen LogP contribution < -0.4 is 4.90 Å². The highest BCUT2D eigenvalue weighted by molar-refractivity contribution is 9.09. The van der Waals surface area contributed by atoms with Crippen molar-refractivity contribution in [2.45, 2.75) is 0 Å². The average molecular weight is 404 g/mol. The third-order valence-electron chi connectivity index (χ3n) is 3.90. The van der Waals surface area contributed by atoms with E-state index >= 15 is 0 Å². The molecular weight excluding hydrogens is 389 g/mol. The summed E-state index contributed by atoms with van der Waals surface area (Å²) in [5.74, 6) is -1.10. The van der Waals surface area contributed by atoms with Crippen LogP contribution in [0.3, 0.4) is 0 Å². The van der Waals surface area contributed by atoms with E-state index in [1.165, 1.54) is 17.0 Å². The summed E-state index contributed by atoms with van der Waals surface area (Å²) in [5, 5.41) is 5.55.